The van der Waals surface area contributed by atoms with E-state index in [1.165, 1.54) is 32.4 Å². The minimum absolute atomic E-state index is 0.0192. The molecular weight excluding hydrogens is 464 g/mol. The molecule has 0 aliphatic rings. The zero-order valence-corrected chi connectivity index (χ0v) is 20.5. The summed E-state index contributed by atoms with van der Waals surface area (Å²) >= 11 is 0. The fourth-order valence-corrected chi connectivity index (χ4v) is 5.17. The minimum atomic E-state index is -4.11. The van der Waals surface area contributed by atoms with Gasteiger partial charge in [0.15, 0.2) is 11.5 Å². The number of nitrogens with one attached hydrogen (secondary N) is 1. The van der Waals surface area contributed by atoms with Gasteiger partial charge in [0.25, 0.3) is 10.0 Å². The van der Waals surface area contributed by atoms with Gasteiger partial charge in [-0.25, -0.2) is 8.42 Å². The first-order chi connectivity index (χ1) is 16.8. The third-order valence-electron chi connectivity index (χ3n) is 5.59. The van der Waals surface area contributed by atoms with Crippen molar-refractivity contribution in [2.24, 2.45) is 0 Å². The lowest BCUT2D eigenvalue weighted by Crippen LogP contribution is -2.38. The number of amides is 1. The van der Waals surface area contributed by atoms with Gasteiger partial charge in [0.05, 0.1) is 24.8 Å². The Bertz CT molecular complexity index is 1470. The van der Waals surface area contributed by atoms with Crippen LogP contribution in [0.3, 0.4) is 0 Å². The molecular formula is C27H26N2O5S. The van der Waals surface area contributed by atoms with Crippen molar-refractivity contribution >= 4 is 38.1 Å². The number of rotatable bonds is 8. The van der Waals surface area contributed by atoms with E-state index in [2.05, 4.69) is 5.32 Å². The molecule has 7 nitrogen and oxygen atoms in total. The summed E-state index contributed by atoms with van der Waals surface area (Å²) in [5, 5.41) is 4.84. The maximum absolute atomic E-state index is 13.7. The van der Waals surface area contributed by atoms with Crippen LogP contribution >= 0.6 is 0 Å². The number of sulfonamides is 1. The van der Waals surface area contributed by atoms with Gasteiger partial charge in [-0.15, -0.1) is 0 Å². The van der Waals surface area contributed by atoms with E-state index in [1.807, 2.05) is 43.3 Å². The summed E-state index contributed by atoms with van der Waals surface area (Å²) in [5.41, 5.74) is 1.93. The van der Waals surface area contributed by atoms with Crippen LogP contribution in [0.5, 0.6) is 11.5 Å². The molecule has 4 aromatic rings. The molecule has 1 N–H and O–H groups in total. The first kappa shape index (κ1) is 24.1. The molecule has 0 atom stereocenters. The summed E-state index contributed by atoms with van der Waals surface area (Å²) in [6.45, 7) is 1.50. The summed E-state index contributed by atoms with van der Waals surface area (Å²) < 4.78 is 39.0. The second-order valence-corrected chi connectivity index (χ2v) is 9.84. The monoisotopic (exact) mass is 490 g/mol. The van der Waals surface area contributed by atoms with Gasteiger partial charge in [0.1, 0.15) is 6.54 Å². The lowest BCUT2D eigenvalue weighted by molar-refractivity contribution is -0.114. The van der Waals surface area contributed by atoms with Gasteiger partial charge in [0.2, 0.25) is 5.91 Å². The largest absolute Gasteiger partial charge is 0.493 e. The first-order valence-corrected chi connectivity index (χ1v) is 12.4. The molecule has 0 aliphatic carbocycles. The van der Waals surface area contributed by atoms with Crippen molar-refractivity contribution in [1.82, 2.24) is 0 Å². The van der Waals surface area contributed by atoms with Gasteiger partial charge in [-0.05, 0) is 54.1 Å². The molecule has 0 unspecified atom stereocenters. The Morgan fingerprint density at radius 2 is 1.51 bits per heavy atom. The smallest absolute Gasteiger partial charge is 0.264 e. The van der Waals surface area contributed by atoms with Crippen molar-refractivity contribution in [3.8, 4) is 11.5 Å². The van der Waals surface area contributed by atoms with E-state index in [0.717, 1.165) is 20.6 Å². The van der Waals surface area contributed by atoms with Gasteiger partial charge in [-0.1, -0.05) is 48.0 Å². The maximum atomic E-state index is 13.7. The van der Waals surface area contributed by atoms with Gasteiger partial charge in [-0.3, -0.25) is 9.10 Å². The molecule has 4 rings (SSSR count). The molecule has 0 heterocycles. The topological polar surface area (TPSA) is 84.9 Å². The van der Waals surface area contributed by atoms with E-state index < -0.39 is 22.5 Å². The van der Waals surface area contributed by atoms with Crippen molar-refractivity contribution in [3.63, 3.8) is 0 Å². The van der Waals surface area contributed by atoms with E-state index >= 15 is 0 Å². The summed E-state index contributed by atoms with van der Waals surface area (Å²) in [7, 11) is -1.20. The number of carbonyl (C=O) groups excluding carboxylic acids is 1. The lowest BCUT2D eigenvalue weighted by Gasteiger charge is -2.24. The van der Waals surface area contributed by atoms with Gasteiger partial charge in [-0.2, -0.15) is 0 Å². The standard InChI is InChI=1S/C27H26N2O5S/c1-19-8-12-23(13-9-19)29(35(31,32)24-14-15-25(33-2)26(17-24)34-3)18-27(30)28-22-11-10-20-6-4-5-7-21(20)16-22/h4-17H,18H2,1-3H3,(H,28,30). The molecule has 180 valence electrons. The lowest BCUT2D eigenvalue weighted by atomic mass is 10.1. The Balaban J connectivity index is 1.67. The quantitative estimate of drug-likeness (QED) is 0.376. The summed E-state index contributed by atoms with van der Waals surface area (Å²) in [4.78, 5) is 13.0. The van der Waals surface area contributed by atoms with Crippen LogP contribution < -0.4 is 19.1 Å². The number of hydrogen-bond acceptors (Lipinski definition) is 5. The van der Waals surface area contributed by atoms with E-state index in [-0.39, 0.29) is 10.6 Å². The van der Waals surface area contributed by atoms with Crippen LogP contribution in [0.25, 0.3) is 10.8 Å². The van der Waals surface area contributed by atoms with Crippen LogP contribution in [0.15, 0.2) is 89.8 Å². The minimum Gasteiger partial charge on any atom is -0.493 e. The van der Waals surface area contributed by atoms with Crippen molar-refractivity contribution in [3.05, 3.63) is 90.5 Å². The maximum Gasteiger partial charge on any atom is 0.264 e. The number of hydrogen-bond donors (Lipinski definition) is 1. The number of methoxy groups -OCH3 is 2. The summed E-state index contributed by atoms with van der Waals surface area (Å²) in [5.74, 6) is 0.213. The number of benzene rings is 4. The van der Waals surface area contributed by atoms with Crippen LogP contribution in [-0.4, -0.2) is 35.1 Å². The first-order valence-electron chi connectivity index (χ1n) is 10.9. The molecule has 0 aliphatic heterocycles. The Kier molecular flexibility index (Phi) is 6.93. The van der Waals surface area contributed by atoms with Gasteiger partial charge < -0.3 is 14.8 Å². The zero-order chi connectivity index (χ0) is 25.0. The Morgan fingerprint density at radius 3 is 2.20 bits per heavy atom. The van der Waals surface area contributed by atoms with Gasteiger partial charge in [0, 0.05) is 11.8 Å². The molecule has 0 radical (unpaired) electrons. The number of carbonyl (C=O) groups is 1. The molecule has 0 bridgehead atoms. The van der Waals surface area contributed by atoms with Crippen LogP contribution in [0.4, 0.5) is 11.4 Å². The normalized spacial score (nSPS) is 11.2. The SMILES string of the molecule is COc1ccc(S(=O)(=O)N(CC(=O)Nc2ccc3ccccc3c2)c2ccc(C)cc2)cc1OC. The molecule has 0 saturated carbocycles. The molecule has 8 heteroatoms. The van der Waals surface area contributed by atoms with Crippen LogP contribution in [-0.2, 0) is 14.8 Å². The van der Waals surface area contributed by atoms with E-state index in [0.29, 0.717) is 17.1 Å². The highest BCUT2D eigenvalue weighted by molar-refractivity contribution is 7.92. The second-order valence-electron chi connectivity index (χ2n) is 7.97. The van der Waals surface area contributed by atoms with E-state index in [1.54, 1.807) is 30.3 Å². The fraction of sp³-hybridized carbons (Fsp3) is 0.148. The average molecular weight is 491 g/mol. The Morgan fingerprint density at radius 1 is 0.829 bits per heavy atom. The van der Waals surface area contributed by atoms with Crippen molar-refractivity contribution in [1.29, 1.82) is 0 Å². The summed E-state index contributed by atoms with van der Waals surface area (Å²) in [6, 6.07) is 24.6. The molecule has 0 saturated heterocycles. The predicted molar refractivity (Wildman–Crippen MR) is 138 cm³/mol. The number of anilines is 2. The fourth-order valence-electron chi connectivity index (χ4n) is 3.73. The number of nitrogens with zero attached hydrogens (tertiary/aromatic N) is 1. The second kappa shape index (κ2) is 10.1. The highest BCUT2D eigenvalue weighted by atomic mass is 32.2. The van der Waals surface area contributed by atoms with Crippen LogP contribution in [0.1, 0.15) is 5.56 Å². The molecule has 0 fully saturated rings. The number of aryl methyl sites for hydroxylation is 1. The highest BCUT2D eigenvalue weighted by Gasteiger charge is 2.28. The Hall–Kier alpha value is -4.04. The van der Waals surface area contributed by atoms with Crippen molar-refractivity contribution in [2.75, 3.05) is 30.4 Å². The van der Waals surface area contributed by atoms with Crippen molar-refractivity contribution < 1.29 is 22.7 Å². The van der Waals surface area contributed by atoms with E-state index in [9.17, 15) is 13.2 Å². The van der Waals surface area contributed by atoms with E-state index in [4.69, 9.17) is 9.47 Å². The van der Waals surface area contributed by atoms with Crippen molar-refractivity contribution in [2.45, 2.75) is 11.8 Å². The van der Waals surface area contributed by atoms with Crippen LogP contribution in [0.2, 0.25) is 0 Å². The average Bonchev–Trinajstić information content (AvgIpc) is 2.87. The molecule has 0 aromatic heterocycles. The third kappa shape index (κ3) is 5.22. The molecule has 1 amide bonds. The molecule has 35 heavy (non-hydrogen) atoms. The highest BCUT2D eigenvalue weighted by Crippen LogP contribution is 2.32. The zero-order valence-electron chi connectivity index (χ0n) is 19.7. The molecule has 4 aromatic carbocycles. The number of fused-ring (bicyclic) bond motifs is 1. The Labute approximate surface area is 205 Å². The van der Waals surface area contributed by atoms with Crippen LogP contribution in [0, 0.1) is 6.92 Å². The third-order valence-corrected chi connectivity index (χ3v) is 7.36. The molecule has 0 spiro atoms. The number of ether oxygens (including phenoxy) is 2. The summed E-state index contributed by atoms with van der Waals surface area (Å²) in [6.07, 6.45) is 0. The predicted octanol–water partition coefficient (Wildman–Crippen LogP) is 5.00. The van der Waals surface area contributed by atoms with Gasteiger partial charge >= 0.3 is 0 Å².